The van der Waals surface area contributed by atoms with Gasteiger partial charge in [0.05, 0.1) is 18.3 Å². The van der Waals surface area contributed by atoms with Gasteiger partial charge in [-0.1, -0.05) is 0 Å². The van der Waals surface area contributed by atoms with E-state index in [-0.39, 0.29) is 17.5 Å². The Morgan fingerprint density at radius 1 is 1.29 bits per heavy atom. The number of hydrogen-bond acceptors (Lipinski definition) is 5. The fourth-order valence-electron chi connectivity index (χ4n) is 3.88. The third-order valence-corrected chi connectivity index (χ3v) is 6.28. The molecule has 1 atom stereocenters. The van der Waals surface area contributed by atoms with E-state index >= 15 is 0 Å². The number of aryl methyl sites for hydroxylation is 1. The van der Waals surface area contributed by atoms with Crippen LogP contribution >= 0.6 is 11.8 Å². The number of nitrogens with one attached hydrogen (secondary N) is 1. The number of rotatable bonds is 3. The molecule has 0 saturated carbocycles. The zero-order chi connectivity index (χ0) is 16.5. The zero-order valence-corrected chi connectivity index (χ0v) is 14.7. The summed E-state index contributed by atoms with van der Waals surface area (Å²) in [6.07, 6.45) is 4.09. The van der Waals surface area contributed by atoms with Crippen molar-refractivity contribution in [3.63, 3.8) is 0 Å². The van der Waals surface area contributed by atoms with E-state index in [1.807, 2.05) is 11.8 Å². The molecule has 1 unspecified atom stereocenters. The lowest BCUT2D eigenvalue weighted by molar-refractivity contribution is -0.129. The molecule has 4 rings (SSSR count). The van der Waals surface area contributed by atoms with Gasteiger partial charge in [-0.2, -0.15) is 16.9 Å². The monoisotopic (exact) mass is 348 g/mol. The molecule has 24 heavy (non-hydrogen) atoms. The summed E-state index contributed by atoms with van der Waals surface area (Å²) in [5.74, 6) is 2.59. The third-order valence-electron chi connectivity index (χ3n) is 5.27. The third kappa shape index (κ3) is 3.24. The van der Waals surface area contributed by atoms with Crippen LogP contribution in [0.25, 0.3) is 0 Å². The average Bonchev–Trinajstić information content (AvgIpc) is 2.75. The van der Waals surface area contributed by atoms with Crippen LogP contribution in [0.4, 0.5) is 0 Å². The highest BCUT2D eigenvalue weighted by atomic mass is 32.2. The Hall–Kier alpha value is -1.34. The molecular formula is C17H24N4O2S. The van der Waals surface area contributed by atoms with Crippen LogP contribution in [0.15, 0.2) is 10.9 Å². The van der Waals surface area contributed by atoms with E-state index in [0.717, 1.165) is 68.1 Å². The summed E-state index contributed by atoms with van der Waals surface area (Å²) < 4.78 is 1.64. The largest absolute Gasteiger partial charge is 0.355 e. The molecule has 1 N–H and O–H groups in total. The van der Waals surface area contributed by atoms with Crippen LogP contribution in [-0.4, -0.2) is 52.0 Å². The van der Waals surface area contributed by atoms with Crippen molar-refractivity contribution in [3.8, 4) is 0 Å². The predicted octanol–water partition coefficient (Wildman–Crippen LogP) is 0.633. The molecule has 0 bridgehead atoms. The number of hydrogen-bond donors (Lipinski definition) is 1. The van der Waals surface area contributed by atoms with Crippen molar-refractivity contribution in [1.29, 1.82) is 0 Å². The molecule has 2 fully saturated rings. The van der Waals surface area contributed by atoms with E-state index in [1.54, 1.807) is 10.7 Å². The second-order valence-corrected chi connectivity index (χ2v) is 8.17. The smallest absolute Gasteiger partial charge is 0.267 e. The molecule has 2 saturated heterocycles. The highest BCUT2D eigenvalue weighted by Gasteiger charge is 2.36. The lowest BCUT2D eigenvalue weighted by atomic mass is 9.95. The zero-order valence-electron chi connectivity index (χ0n) is 13.9. The van der Waals surface area contributed by atoms with Crippen LogP contribution < -0.4 is 10.9 Å². The van der Waals surface area contributed by atoms with Gasteiger partial charge in [0, 0.05) is 43.8 Å². The van der Waals surface area contributed by atoms with Crippen molar-refractivity contribution in [3.05, 3.63) is 27.7 Å². The number of fused-ring (bicyclic) bond motifs is 1. The lowest BCUT2D eigenvalue weighted by Gasteiger charge is -2.43. The summed E-state index contributed by atoms with van der Waals surface area (Å²) in [6, 6.07) is 1.79. The summed E-state index contributed by atoms with van der Waals surface area (Å²) in [7, 11) is 0. The number of thioether (sulfide) groups is 1. The quantitative estimate of drug-likeness (QED) is 0.868. The van der Waals surface area contributed by atoms with Gasteiger partial charge < -0.3 is 5.32 Å². The van der Waals surface area contributed by atoms with E-state index in [9.17, 15) is 9.59 Å². The first-order chi connectivity index (χ1) is 11.7. The van der Waals surface area contributed by atoms with E-state index in [4.69, 9.17) is 0 Å². The minimum absolute atomic E-state index is 0.0157. The summed E-state index contributed by atoms with van der Waals surface area (Å²) in [5, 5.41) is 7.60. The van der Waals surface area contributed by atoms with Crippen molar-refractivity contribution in [1.82, 2.24) is 20.0 Å². The number of likely N-dealkylation sites (tertiary alicyclic amines) is 1. The number of carbonyl (C=O) groups excluding carboxylic acids is 1. The highest BCUT2D eigenvalue weighted by molar-refractivity contribution is 7.98. The van der Waals surface area contributed by atoms with Crippen molar-refractivity contribution in [2.24, 2.45) is 5.92 Å². The van der Waals surface area contributed by atoms with Crippen molar-refractivity contribution in [2.75, 3.05) is 25.4 Å². The van der Waals surface area contributed by atoms with Crippen molar-refractivity contribution < 1.29 is 4.79 Å². The Labute approximate surface area is 146 Å². The molecular weight excluding hydrogens is 324 g/mol. The molecule has 1 aromatic rings. The first-order valence-corrected chi connectivity index (χ1v) is 10.1. The topological polar surface area (TPSA) is 67.2 Å². The van der Waals surface area contributed by atoms with E-state index in [1.165, 1.54) is 0 Å². The summed E-state index contributed by atoms with van der Waals surface area (Å²) in [5.41, 5.74) is 2.22. The van der Waals surface area contributed by atoms with Crippen LogP contribution in [0.2, 0.25) is 0 Å². The maximum atomic E-state index is 12.3. The van der Waals surface area contributed by atoms with Crippen LogP contribution in [-0.2, 0) is 23.5 Å². The van der Waals surface area contributed by atoms with E-state index in [2.05, 4.69) is 15.3 Å². The summed E-state index contributed by atoms with van der Waals surface area (Å²) in [4.78, 5) is 26.6. The maximum absolute atomic E-state index is 12.3. The molecule has 3 aliphatic rings. The summed E-state index contributed by atoms with van der Waals surface area (Å²) in [6.45, 7) is 3.25. The van der Waals surface area contributed by atoms with Gasteiger partial charge in [0.1, 0.15) is 0 Å². The van der Waals surface area contributed by atoms with Gasteiger partial charge in [-0.05, 0) is 30.6 Å². The number of amides is 1. The van der Waals surface area contributed by atoms with Gasteiger partial charge in [-0.25, -0.2) is 4.68 Å². The maximum Gasteiger partial charge on any atom is 0.267 e. The molecule has 1 amide bonds. The molecule has 0 aliphatic carbocycles. The van der Waals surface area contributed by atoms with Gasteiger partial charge in [-0.3, -0.25) is 14.5 Å². The van der Waals surface area contributed by atoms with Gasteiger partial charge in [0.2, 0.25) is 5.91 Å². The SMILES string of the molecule is O=C1NCCCCC1N1CC(Cn2nc3c(cc2=O)CSCC3)C1. The molecule has 3 aliphatic heterocycles. The average molecular weight is 348 g/mol. The molecule has 130 valence electrons. The Morgan fingerprint density at radius 2 is 2.17 bits per heavy atom. The molecule has 1 aromatic heterocycles. The van der Waals surface area contributed by atoms with Gasteiger partial charge in [-0.15, -0.1) is 0 Å². The van der Waals surface area contributed by atoms with Crippen LogP contribution in [0.5, 0.6) is 0 Å². The Kier molecular flexibility index (Phi) is 4.63. The molecule has 6 nitrogen and oxygen atoms in total. The fourth-order valence-corrected chi connectivity index (χ4v) is 4.83. The van der Waals surface area contributed by atoms with Gasteiger partial charge in [0.25, 0.3) is 5.56 Å². The molecule has 0 spiro atoms. The van der Waals surface area contributed by atoms with Crippen LogP contribution in [0, 0.1) is 5.92 Å². The van der Waals surface area contributed by atoms with E-state index < -0.39 is 0 Å². The fraction of sp³-hybridized carbons (Fsp3) is 0.706. The lowest BCUT2D eigenvalue weighted by Crippen LogP contribution is -2.58. The predicted molar refractivity (Wildman–Crippen MR) is 94.1 cm³/mol. The van der Waals surface area contributed by atoms with Gasteiger partial charge in [0.15, 0.2) is 0 Å². The Bertz CT molecular complexity index is 684. The molecule has 0 radical (unpaired) electrons. The van der Waals surface area contributed by atoms with Gasteiger partial charge >= 0.3 is 0 Å². The first kappa shape index (κ1) is 16.1. The highest BCUT2D eigenvalue weighted by Crippen LogP contribution is 2.25. The minimum atomic E-state index is 0.0157. The second-order valence-electron chi connectivity index (χ2n) is 7.06. The first-order valence-electron chi connectivity index (χ1n) is 8.90. The standard InChI is InChI=1S/C17H24N4O2S/c22-16-7-13-11-24-6-4-14(13)19-21(16)10-12-8-20(9-12)15-3-1-2-5-18-17(15)23/h7,12,15H,1-6,8-11H2,(H,18,23). The molecule has 0 aromatic carbocycles. The number of aromatic nitrogens is 2. The number of carbonyl (C=O) groups is 1. The molecule has 4 heterocycles. The van der Waals surface area contributed by atoms with Crippen molar-refractivity contribution >= 4 is 17.7 Å². The minimum Gasteiger partial charge on any atom is -0.355 e. The number of nitrogens with zero attached hydrogens (tertiary/aromatic N) is 3. The Balaban J connectivity index is 1.38. The van der Waals surface area contributed by atoms with E-state index in [0.29, 0.717) is 12.5 Å². The van der Waals surface area contributed by atoms with Crippen LogP contribution in [0.3, 0.4) is 0 Å². The normalized spacial score (nSPS) is 25.5. The second kappa shape index (κ2) is 6.88. The Morgan fingerprint density at radius 3 is 3.04 bits per heavy atom. The van der Waals surface area contributed by atoms with Crippen LogP contribution in [0.1, 0.15) is 30.5 Å². The summed E-state index contributed by atoms with van der Waals surface area (Å²) >= 11 is 1.87. The molecule has 7 heteroatoms. The van der Waals surface area contributed by atoms with Crippen molar-refractivity contribution in [2.45, 2.75) is 44.0 Å².